The van der Waals surface area contributed by atoms with Gasteiger partial charge in [0.25, 0.3) is 5.91 Å². The van der Waals surface area contributed by atoms with E-state index in [0.717, 1.165) is 36.3 Å². The summed E-state index contributed by atoms with van der Waals surface area (Å²) >= 11 is 6.20. The molecule has 5 heterocycles. The zero-order chi connectivity index (χ0) is 25.0. The predicted molar refractivity (Wildman–Crippen MR) is 135 cm³/mol. The summed E-state index contributed by atoms with van der Waals surface area (Å²) < 4.78 is 22.3. The van der Waals surface area contributed by atoms with Crippen molar-refractivity contribution in [1.29, 1.82) is 0 Å². The number of nitrogens with zero attached hydrogens (tertiary/aromatic N) is 5. The third-order valence-corrected chi connectivity index (χ3v) is 8.35. The highest BCUT2D eigenvalue weighted by Crippen LogP contribution is 2.38. The Morgan fingerprint density at radius 1 is 1.22 bits per heavy atom. The average Bonchev–Trinajstić information content (AvgIpc) is 3.47. The Balaban J connectivity index is 1.20. The van der Waals surface area contributed by atoms with Gasteiger partial charge in [0.1, 0.15) is 17.7 Å². The van der Waals surface area contributed by atoms with Crippen molar-refractivity contribution in [3.8, 4) is 5.75 Å². The van der Waals surface area contributed by atoms with Gasteiger partial charge in [0, 0.05) is 23.7 Å². The Morgan fingerprint density at radius 2 is 2.00 bits per heavy atom. The molecular weight excluding hydrogens is 481 g/mol. The van der Waals surface area contributed by atoms with E-state index in [2.05, 4.69) is 21.9 Å². The summed E-state index contributed by atoms with van der Waals surface area (Å²) in [4.78, 5) is 22.5. The molecule has 0 spiro atoms. The van der Waals surface area contributed by atoms with E-state index >= 15 is 0 Å². The maximum atomic E-state index is 14.3. The van der Waals surface area contributed by atoms with Crippen molar-refractivity contribution in [2.75, 3.05) is 6.54 Å². The molecule has 2 aromatic heterocycles. The number of amides is 1. The number of aromatic nitrogens is 3. The van der Waals surface area contributed by atoms with Gasteiger partial charge in [0.2, 0.25) is 0 Å². The fourth-order valence-corrected chi connectivity index (χ4v) is 6.27. The van der Waals surface area contributed by atoms with Crippen LogP contribution in [-0.2, 0) is 13.1 Å². The second kappa shape index (κ2) is 9.30. The van der Waals surface area contributed by atoms with Crippen molar-refractivity contribution < 1.29 is 13.9 Å². The molecule has 190 valence electrons. The first-order valence-electron chi connectivity index (χ1n) is 13.0. The van der Waals surface area contributed by atoms with Crippen molar-refractivity contribution in [1.82, 2.24) is 24.4 Å². The van der Waals surface area contributed by atoms with Gasteiger partial charge >= 0.3 is 0 Å². The molecule has 36 heavy (non-hydrogen) atoms. The summed E-state index contributed by atoms with van der Waals surface area (Å²) in [5, 5.41) is 5.13. The number of ether oxygens (including phenoxy) is 1. The maximum absolute atomic E-state index is 14.3. The van der Waals surface area contributed by atoms with Gasteiger partial charge in [0.05, 0.1) is 41.3 Å². The Morgan fingerprint density at radius 3 is 2.75 bits per heavy atom. The number of carbonyl (C=O) groups excluding carboxylic acids is 1. The summed E-state index contributed by atoms with van der Waals surface area (Å²) in [5.74, 6) is -0.245. The largest absolute Gasteiger partial charge is 0.489 e. The first-order chi connectivity index (χ1) is 17.4. The number of rotatable bonds is 6. The standard InChI is InChI=1S/C27H31ClFN5O2/c1-3-4-9-33-18-6-7-19(33)12-20(11-18)36-25-10-17(29)5-8-21(25)27(35)32-13-22-24(15-32)31-34-14-23(28)16(2)30-26(22)34/h5,8,10,14,18-20H,3-4,6-7,9,11-13,15H2,1-2H3/t18-,19?,20?/m1/s1. The fourth-order valence-electron chi connectivity index (χ4n) is 6.13. The Kier molecular flexibility index (Phi) is 6.12. The van der Waals surface area contributed by atoms with Crippen LogP contribution in [0.3, 0.4) is 0 Å². The lowest BCUT2D eigenvalue weighted by Gasteiger charge is -2.39. The highest BCUT2D eigenvalue weighted by atomic mass is 35.5. The molecule has 0 radical (unpaired) electrons. The molecule has 2 bridgehead atoms. The van der Waals surface area contributed by atoms with Gasteiger partial charge in [-0.25, -0.2) is 13.9 Å². The van der Waals surface area contributed by atoms with Gasteiger partial charge in [-0.2, -0.15) is 5.10 Å². The first-order valence-corrected chi connectivity index (χ1v) is 13.3. The number of benzene rings is 1. The van der Waals surface area contributed by atoms with Gasteiger partial charge < -0.3 is 9.64 Å². The number of halogens is 2. The second-order valence-corrected chi connectivity index (χ2v) is 10.8. The second-order valence-electron chi connectivity index (χ2n) is 10.4. The predicted octanol–water partition coefficient (Wildman–Crippen LogP) is 5.16. The molecular formula is C27H31ClFN5O2. The lowest BCUT2D eigenvalue weighted by molar-refractivity contribution is 0.0471. The van der Waals surface area contributed by atoms with Crippen LogP contribution in [0.1, 0.15) is 72.8 Å². The first kappa shape index (κ1) is 23.7. The summed E-state index contributed by atoms with van der Waals surface area (Å²) in [5.41, 5.74) is 3.55. The van der Waals surface area contributed by atoms with Crippen LogP contribution in [0.2, 0.25) is 5.02 Å². The van der Waals surface area contributed by atoms with Crippen LogP contribution in [-0.4, -0.2) is 55.0 Å². The quantitative estimate of drug-likeness (QED) is 0.457. The fraction of sp³-hybridized carbons (Fsp3) is 0.519. The highest BCUT2D eigenvalue weighted by molar-refractivity contribution is 6.31. The van der Waals surface area contributed by atoms with Crippen LogP contribution in [0.5, 0.6) is 5.75 Å². The molecule has 2 saturated heterocycles. The number of hydrogen-bond donors (Lipinski definition) is 0. The molecule has 0 N–H and O–H groups in total. The van der Waals surface area contributed by atoms with Crippen LogP contribution >= 0.6 is 11.6 Å². The molecule has 2 fully saturated rings. The third kappa shape index (κ3) is 4.14. The van der Waals surface area contributed by atoms with Gasteiger partial charge in [-0.3, -0.25) is 9.69 Å². The van der Waals surface area contributed by atoms with E-state index in [-0.39, 0.29) is 12.0 Å². The number of aryl methyl sites for hydroxylation is 1. The number of piperidine rings is 1. The minimum Gasteiger partial charge on any atom is -0.489 e. The molecule has 1 amide bonds. The van der Waals surface area contributed by atoms with Gasteiger partial charge in [-0.05, 0) is 57.7 Å². The topological polar surface area (TPSA) is 63.0 Å². The number of carbonyl (C=O) groups is 1. The van der Waals surface area contributed by atoms with Crippen molar-refractivity contribution in [3.05, 3.63) is 57.8 Å². The lowest BCUT2D eigenvalue weighted by atomic mass is 9.99. The number of fused-ring (bicyclic) bond motifs is 5. The minimum absolute atomic E-state index is 0.00867. The van der Waals surface area contributed by atoms with Crippen LogP contribution in [0, 0.1) is 12.7 Å². The van der Waals surface area contributed by atoms with E-state index in [1.807, 2.05) is 6.92 Å². The molecule has 7 nitrogen and oxygen atoms in total. The van der Waals surface area contributed by atoms with Gasteiger partial charge in [0.15, 0.2) is 5.65 Å². The molecule has 3 aliphatic heterocycles. The van der Waals surface area contributed by atoms with Crippen molar-refractivity contribution in [2.45, 2.75) is 83.6 Å². The Labute approximate surface area is 215 Å². The van der Waals surface area contributed by atoms with E-state index in [4.69, 9.17) is 16.3 Å². The molecule has 3 atom stereocenters. The van der Waals surface area contributed by atoms with E-state index < -0.39 is 5.82 Å². The number of hydrogen-bond acceptors (Lipinski definition) is 5. The smallest absolute Gasteiger partial charge is 0.258 e. The maximum Gasteiger partial charge on any atom is 0.258 e. The van der Waals surface area contributed by atoms with Crippen LogP contribution in [0.25, 0.3) is 5.65 Å². The molecule has 6 rings (SSSR count). The summed E-state index contributed by atoms with van der Waals surface area (Å²) in [6.45, 7) is 5.97. The average molecular weight is 512 g/mol. The molecule has 0 aliphatic carbocycles. The van der Waals surface area contributed by atoms with Crippen molar-refractivity contribution >= 4 is 23.2 Å². The summed E-state index contributed by atoms with van der Waals surface area (Å²) in [6.07, 6.45) is 8.37. The highest BCUT2D eigenvalue weighted by Gasteiger charge is 2.41. The molecule has 3 aromatic rings. The van der Waals surface area contributed by atoms with E-state index in [1.54, 1.807) is 21.7 Å². The molecule has 3 aliphatic rings. The zero-order valence-electron chi connectivity index (χ0n) is 20.7. The lowest BCUT2D eigenvalue weighted by Crippen LogP contribution is -2.46. The Bertz CT molecular complexity index is 1310. The van der Waals surface area contributed by atoms with E-state index in [0.29, 0.717) is 47.2 Å². The number of unbranched alkanes of at least 4 members (excludes halogenated alkanes) is 1. The molecule has 1 aromatic carbocycles. The van der Waals surface area contributed by atoms with E-state index in [1.165, 1.54) is 37.8 Å². The van der Waals surface area contributed by atoms with Gasteiger partial charge in [-0.15, -0.1) is 0 Å². The summed E-state index contributed by atoms with van der Waals surface area (Å²) in [7, 11) is 0. The summed E-state index contributed by atoms with van der Waals surface area (Å²) in [6, 6.07) is 5.27. The molecule has 9 heteroatoms. The third-order valence-electron chi connectivity index (χ3n) is 7.97. The molecule has 2 unspecified atom stereocenters. The van der Waals surface area contributed by atoms with Crippen molar-refractivity contribution in [3.63, 3.8) is 0 Å². The Hall–Kier alpha value is -2.71. The van der Waals surface area contributed by atoms with Crippen LogP contribution < -0.4 is 4.74 Å². The zero-order valence-corrected chi connectivity index (χ0v) is 21.5. The van der Waals surface area contributed by atoms with Gasteiger partial charge in [-0.1, -0.05) is 24.9 Å². The van der Waals surface area contributed by atoms with E-state index in [9.17, 15) is 9.18 Å². The SMILES string of the molecule is CCCCN1C2CC[C@@H]1CC(Oc1cc(F)ccc1C(=O)N1Cc3nn4cc(Cl)c(C)nc4c3C1)C2. The molecule has 0 saturated carbocycles. The van der Waals surface area contributed by atoms with Crippen LogP contribution in [0.4, 0.5) is 4.39 Å². The normalized spacial score (nSPS) is 23.4. The van der Waals surface area contributed by atoms with Crippen LogP contribution in [0.15, 0.2) is 24.4 Å². The van der Waals surface area contributed by atoms with Crippen molar-refractivity contribution in [2.24, 2.45) is 0 Å². The minimum atomic E-state index is -0.399. The monoisotopic (exact) mass is 511 g/mol.